The second-order valence-corrected chi connectivity index (χ2v) is 4.06. The standard InChI is InChI=1S/C11H7N3O2S/c15-8-3-1-7(2-4-8)11-13-10(14-16-11)9-5-17-6-12-9/h1-6,15H. The average molecular weight is 245 g/mol. The van der Waals surface area contributed by atoms with E-state index in [9.17, 15) is 5.11 Å². The maximum atomic E-state index is 9.18. The highest BCUT2D eigenvalue weighted by Crippen LogP contribution is 2.23. The van der Waals surface area contributed by atoms with Crippen molar-refractivity contribution in [3.8, 4) is 28.7 Å². The first kappa shape index (κ1) is 9.98. The fraction of sp³-hybridized carbons (Fsp3) is 0. The number of nitrogens with zero attached hydrogens (tertiary/aromatic N) is 3. The Kier molecular flexibility index (Phi) is 2.34. The number of hydrogen-bond acceptors (Lipinski definition) is 6. The lowest BCUT2D eigenvalue weighted by Gasteiger charge is -1.93. The highest BCUT2D eigenvalue weighted by molar-refractivity contribution is 7.07. The molecule has 0 fully saturated rings. The minimum absolute atomic E-state index is 0.202. The van der Waals surface area contributed by atoms with E-state index in [2.05, 4.69) is 15.1 Å². The molecule has 3 aromatic rings. The van der Waals surface area contributed by atoms with Crippen LogP contribution in [0.3, 0.4) is 0 Å². The summed E-state index contributed by atoms with van der Waals surface area (Å²) in [5.41, 5.74) is 3.17. The van der Waals surface area contributed by atoms with Gasteiger partial charge >= 0.3 is 0 Å². The Morgan fingerprint density at radius 1 is 1.18 bits per heavy atom. The van der Waals surface area contributed by atoms with E-state index in [4.69, 9.17) is 4.52 Å². The molecule has 0 aliphatic carbocycles. The number of hydrogen-bond donors (Lipinski definition) is 1. The SMILES string of the molecule is Oc1ccc(-c2nc(-c3cscn3)no2)cc1. The van der Waals surface area contributed by atoms with Crippen molar-refractivity contribution in [2.24, 2.45) is 0 Å². The van der Waals surface area contributed by atoms with Gasteiger partial charge in [0.25, 0.3) is 5.89 Å². The van der Waals surface area contributed by atoms with Gasteiger partial charge in [0.15, 0.2) is 0 Å². The van der Waals surface area contributed by atoms with Crippen LogP contribution in [0.5, 0.6) is 5.75 Å². The van der Waals surface area contributed by atoms with Crippen LogP contribution in [0.2, 0.25) is 0 Å². The lowest BCUT2D eigenvalue weighted by atomic mass is 10.2. The molecule has 2 heterocycles. The van der Waals surface area contributed by atoms with Crippen LogP contribution in [-0.2, 0) is 0 Å². The van der Waals surface area contributed by atoms with E-state index in [0.29, 0.717) is 17.4 Å². The molecule has 2 aromatic heterocycles. The lowest BCUT2D eigenvalue weighted by molar-refractivity contribution is 0.432. The molecule has 0 atom stereocenters. The van der Waals surface area contributed by atoms with Gasteiger partial charge in [-0.05, 0) is 24.3 Å². The normalized spacial score (nSPS) is 10.6. The van der Waals surface area contributed by atoms with Crippen LogP contribution in [0.4, 0.5) is 0 Å². The molecule has 0 saturated heterocycles. The van der Waals surface area contributed by atoms with Crippen molar-refractivity contribution in [1.29, 1.82) is 0 Å². The zero-order chi connectivity index (χ0) is 11.7. The molecular formula is C11H7N3O2S. The monoisotopic (exact) mass is 245 g/mol. The number of phenolic OH excluding ortho intramolecular Hbond substituents is 1. The molecule has 0 aliphatic rings. The van der Waals surface area contributed by atoms with E-state index in [1.807, 2.05) is 5.38 Å². The Hall–Kier alpha value is -2.21. The zero-order valence-electron chi connectivity index (χ0n) is 8.57. The largest absolute Gasteiger partial charge is 0.508 e. The van der Waals surface area contributed by atoms with Gasteiger partial charge in [0.2, 0.25) is 5.82 Å². The van der Waals surface area contributed by atoms with E-state index in [0.717, 1.165) is 5.56 Å². The Bertz CT molecular complexity index is 616. The number of thiazole rings is 1. The zero-order valence-corrected chi connectivity index (χ0v) is 9.39. The minimum atomic E-state index is 0.202. The van der Waals surface area contributed by atoms with Crippen LogP contribution in [0, 0.1) is 0 Å². The number of aromatic nitrogens is 3. The Labute approximate surface area is 100 Å². The predicted molar refractivity (Wildman–Crippen MR) is 62.5 cm³/mol. The third-order valence-corrected chi connectivity index (χ3v) is 2.79. The molecule has 1 aromatic carbocycles. The van der Waals surface area contributed by atoms with Crippen LogP contribution in [0.1, 0.15) is 0 Å². The first-order valence-corrected chi connectivity index (χ1v) is 5.79. The quantitative estimate of drug-likeness (QED) is 0.751. The third-order valence-electron chi connectivity index (χ3n) is 2.20. The molecule has 0 radical (unpaired) electrons. The number of phenols is 1. The predicted octanol–water partition coefficient (Wildman–Crippen LogP) is 2.57. The van der Waals surface area contributed by atoms with Crippen molar-refractivity contribution in [2.75, 3.05) is 0 Å². The summed E-state index contributed by atoms with van der Waals surface area (Å²) in [7, 11) is 0. The fourth-order valence-electron chi connectivity index (χ4n) is 1.37. The summed E-state index contributed by atoms with van der Waals surface area (Å²) in [5, 5.41) is 14.9. The molecule has 0 aliphatic heterocycles. The summed E-state index contributed by atoms with van der Waals surface area (Å²) in [6.45, 7) is 0. The van der Waals surface area contributed by atoms with Crippen LogP contribution < -0.4 is 0 Å². The molecule has 5 nitrogen and oxygen atoms in total. The van der Waals surface area contributed by atoms with Gasteiger partial charge in [-0.2, -0.15) is 4.98 Å². The third kappa shape index (κ3) is 1.90. The first-order valence-electron chi connectivity index (χ1n) is 4.84. The molecule has 0 saturated carbocycles. The summed E-state index contributed by atoms with van der Waals surface area (Å²) < 4.78 is 5.14. The van der Waals surface area contributed by atoms with Crippen molar-refractivity contribution in [3.63, 3.8) is 0 Å². The van der Waals surface area contributed by atoms with Gasteiger partial charge in [0.05, 0.1) is 5.51 Å². The molecule has 0 spiro atoms. The smallest absolute Gasteiger partial charge is 0.258 e. The van der Waals surface area contributed by atoms with E-state index in [1.165, 1.54) is 11.3 Å². The van der Waals surface area contributed by atoms with Crippen LogP contribution in [0.15, 0.2) is 39.7 Å². The van der Waals surface area contributed by atoms with Crippen LogP contribution in [-0.4, -0.2) is 20.2 Å². The Morgan fingerprint density at radius 3 is 2.71 bits per heavy atom. The van der Waals surface area contributed by atoms with Crippen molar-refractivity contribution in [3.05, 3.63) is 35.2 Å². The minimum Gasteiger partial charge on any atom is -0.508 e. The van der Waals surface area contributed by atoms with Crippen LogP contribution in [0.25, 0.3) is 23.0 Å². The lowest BCUT2D eigenvalue weighted by Crippen LogP contribution is -1.80. The van der Waals surface area contributed by atoms with Gasteiger partial charge in [-0.15, -0.1) is 11.3 Å². The van der Waals surface area contributed by atoms with E-state index in [-0.39, 0.29) is 5.75 Å². The fourth-order valence-corrected chi connectivity index (χ4v) is 1.90. The van der Waals surface area contributed by atoms with Gasteiger partial charge in [-0.25, -0.2) is 4.98 Å². The van der Waals surface area contributed by atoms with E-state index in [1.54, 1.807) is 29.8 Å². The van der Waals surface area contributed by atoms with Gasteiger partial charge in [-0.3, -0.25) is 0 Å². The molecule has 84 valence electrons. The second kappa shape index (κ2) is 3.99. The number of rotatable bonds is 2. The van der Waals surface area contributed by atoms with Gasteiger partial charge in [-0.1, -0.05) is 5.16 Å². The molecule has 17 heavy (non-hydrogen) atoms. The molecule has 6 heteroatoms. The van der Waals surface area contributed by atoms with Crippen molar-refractivity contribution in [1.82, 2.24) is 15.1 Å². The number of benzene rings is 1. The van der Waals surface area contributed by atoms with Crippen molar-refractivity contribution < 1.29 is 9.63 Å². The van der Waals surface area contributed by atoms with Gasteiger partial charge in [0.1, 0.15) is 11.4 Å². The molecule has 0 amide bonds. The molecular weight excluding hydrogens is 238 g/mol. The topological polar surface area (TPSA) is 72.0 Å². The second-order valence-electron chi connectivity index (χ2n) is 3.34. The summed E-state index contributed by atoms with van der Waals surface area (Å²) in [6, 6.07) is 6.57. The summed E-state index contributed by atoms with van der Waals surface area (Å²) >= 11 is 1.48. The maximum Gasteiger partial charge on any atom is 0.258 e. The molecule has 0 bridgehead atoms. The Morgan fingerprint density at radius 2 is 2.00 bits per heavy atom. The Balaban J connectivity index is 1.98. The van der Waals surface area contributed by atoms with Gasteiger partial charge < -0.3 is 9.63 Å². The van der Waals surface area contributed by atoms with Crippen molar-refractivity contribution in [2.45, 2.75) is 0 Å². The van der Waals surface area contributed by atoms with Crippen LogP contribution >= 0.6 is 11.3 Å². The first-order chi connectivity index (χ1) is 8.33. The highest BCUT2D eigenvalue weighted by Gasteiger charge is 2.11. The average Bonchev–Trinajstić information content (AvgIpc) is 3.00. The molecule has 3 rings (SSSR count). The highest BCUT2D eigenvalue weighted by atomic mass is 32.1. The summed E-state index contributed by atoms with van der Waals surface area (Å²) in [6.07, 6.45) is 0. The van der Waals surface area contributed by atoms with Gasteiger partial charge in [0, 0.05) is 10.9 Å². The van der Waals surface area contributed by atoms with Crippen molar-refractivity contribution >= 4 is 11.3 Å². The summed E-state index contributed by atoms with van der Waals surface area (Å²) in [4.78, 5) is 8.34. The molecule has 0 unspecified atom stereocenters. The number of aromatic hydroxyl groups is 1. The summed E-state index contributed by atoms with van der Waals surface area (Å²) in [5.74, 6) is 1.08. The maximum absolute atomic E-state index is 9.18. The van der Waals surface area contributed by atoms with E-state index < -0.39 is 0 Å². The molecule has 1 N–H and O–H groups in total. The van der Waals surface area contributed by atoms with E-state index >= 15 is 0 Å².